The zero-order valence-corrected chi connectivity index (χ0v) is 10.8. The van der Waals surface area contributed by atoms with Gasteiger partial charge in [-0.15, -0.1) is 11.3 Å². The standard InChI is InChI=1S/C8H8ClN5OS2/c9-6-3(2-15)16-8(14-6)17-7-12-4(10)1-5(11)13-7/h1,15H,2H2,(H4,10,11,12,13). The number of aliphatic hydroxyl groups is 1. The van der Waals surface area contributed by atoms with Crippen LogP contribution in [-0.2, 0) is 6.61 Å². The van der Waals surface area contributed by atoms with E-state index in [0.717, 1.165) is 0 Å². The first-order valence-corrected chi connectivity index (χ1v) is 6.43. The normalized spacial score (nSPS) is 10.7. The summed E-state index contributed by atoms with van der Waals surface area (Å²) < 4.78 is 0.629. The Labute approximate surface area is 110 Å². The maximum absolute atomic E-state index is 8.99. The van der Waals surface area contributed by atoms with Crippen molar-refractivity contribution in [2.75, 3.05) is 11.5 Å². The molecular weight excluding hydrogens is 282 g/mol. The summed E-state index contributed by atoms with van der Waals surface area (Å²) >= 11 is 8.28. The monoisotopic (exact) mass is 289 g/mol. The predicted octanol–water partition coefficient (Wildman–Crippen LogP) is 1.39. The van der Waals surface area contributed by atoms with E-state index in [4.69, 9.17) is 28.2 Å². The van der Waals surface area contributed by atoms with Crippen molar-refractivity contribution in [3.8, 4) is 0 Å². The molecule has 9 heteroatoms. The highest BCUT2D eigenvalue weighted by Gasteiger charge is 2.11. The summed E-state index contributed by atoms with van der Waals surface area (Å²) in [7, 11) is 0. The molecule has 2 heterocycles. The fraction of sp³-hybridized carbons (Fsp3) is 0.125. The van der Waals surface area contributed by atoms with Crippen molar-refractivity contribution in [1.82, 2.24) is 15.0 Å². The van der Waals surface area contributed by atoms with Gasteiger partial charge in [0.15, 0.2) is 9.50 Å². The first kappa shape index (κ1) is 12.4. The molecule has 0 atom stereocenters. The number of halogens is 1. The smallest absolute Gasteiger partial charge is 0.198 e. The predicted molar refractivity (Wildman–Crippen MR) is 68.0 cm³/mol. The third-order valence-electron chi connectivity index (χ3n) is 1.70. The summed E-state index contributed by atoms with van der Waals surface area (Å²) in [6.45, 7) is -0.142. The number of nitrogens with two attached hydrogens (primary N) is 2. The van der Waals surface area contributed by atoms with Gasteiger partial charge in [-0.1, -0.05) is 11.6 Å². The highest BCUT2D eigenvalue weighted by Crippen LogP contribution is 2.33. The van der Waals surface area contributed by atoms with Crippen LogP contribution in [0.25, 0.3) is 0 Å². The molecule has 0 aliphatic heterocycles. The third kappa shape index (κ3) is 2.97. The lowest BCUT2D eigenvalue weighted by Gasteiger charge is -1.99. The van der Waals surface area contributed by atoms with E-state index in [1.165, 1.54) is 29.2 Å². The van der Waals surface area contributed by atoms with E-state index in [1.807, 2.05) is 0 Å². The number of nitrogens with zero attached hydrogens (tertiary/aromatic N) is 3. The molecule has 0 fully saturated rings. The minimum Gasteiger partial charge on any atom is -0.391 e. The Hall–Kier alpha value is -1.09. The van der Waals surface area contributed by atoms with Crippen molar-refractivity contribution < 1.29 is 5.11 Å². The van der Waals surface area contributed by atoms with E-state index in [1.54, 1.807) is 0 Å². The molecule has 6 nitrogen and oxygen atoms in total. The lowest BCUT2D eigenvalue weighted by molar-refractivity contribution is 0.285. The highest BCUT2D eigenvalue weighted by molar-refractivity contribution is 8.00. The van der Waals surface area contributed by atoms with Crippen LogP contribution in [0.3, 0.4) is 0 Å². The van der Waals surface area contributed by atoms with Crippen LogP contribution in [0.5, 0.6) is 0 Å². The van der Waals surface area contributed by atoms with Gasteiger partial charge in [0, 0.05) is 6.07 Å². The van der Waals surface area contributed by atoms with Gasteiger partial charge in [0.2, 0.25) is 0 Å². The average Bonchev–Trinajstić information content (AvgIpc) is 2.57. The van der Waals surface area contributed by atoms with Gasteiger partial charge < -0.3 is 16.6 Å². The molecule has 0 saturated heterocycles. The number of nitrogen functional groups attached to an aromatic ring is 2. The van der Waals surface area contributed by atoms with Crippen molar-refractivity contribution in [1.29, 1.82) is 0 Å². The summed E-state index contributed by atoms with van der Waals surface area (Å²) in [6.07, 6.45) is 0. The minimum atomic E-state index is -0.142. The molecule has 2 aromatic rings. The average molecular weight is 290 g/mol. The van der Waals surface area contributed by atoms with Crippen LogP contribution >= 0.6 is 34.7 Å². The quantitative estimate of drug-likeness (QED) is 0.732. The summed E-state index contributed by atoms with van der Waals surface area (Å²) in [6, 6.07) is 1.47. The van der Waals surface area contributed by atoms with Crippen molar-refractivity contribution >= 4 is 46.3 Å². The number of anilines is 2. The summed E-state index contributed by atoms with van der Waals surface area (Å²) in [5, 5.41) is 9.68. The van der Waals surface area contributed by atoms with Gasteiger partial charge in [-0.25, -0.2) is 15.0 Å². The van der Waals surface area contributed by atoms with Gasteiger partial charge in [0.05, 0.1) is 11.5 Å². The molecule has 0 amide bonds. The fourth-order valence-corrected chi connectivity index (χ4v) is 3.23. The molecule has 0 aromatic carbocycles. The van der Waals surface area contributed by atoms with Crippen LogP contribution < -0.4 is 11.5 Å². The Morgan fingerprint density at radius 1 is 1.29 bits per heavy atom. The molecule has 5 N–H and O–H groups in total. The van der Waals surface area contributed by atoms with Gasteiger partial charge in [-0.2, -0.15) is 0 Å². The van der Waals surface area contributed by atoms with Crippen LogP contribution in [0.4, 0.5) is 11.6 Å². The van der Waals surface area contributed by atoms with E-state index in [2.05, 4.69) is 15.0 Å². The van der Waals surface area contributed by atoms with Crippen molar-refractivity contribution in [2.24, 2.45) is 0 Å². The Kier molecular flexibility index (Phi) is 3.67. The lowest BCUT2D eigenvalue weighted by atomic mass is 10.5. The molecule has 0 radical (unpaired) electrons. The number of aliphatic hydroxyl groups excluding tert-OH is 1. The van der Waals surface area contributed by atoms with Gasteiger partial charge in [0.1, 0.15) is 16.8 Å². The maximum Gasteiger partial charge on any atom is 0.198 e. The van der Waals surface area contributed by atoms with Gasteiger partial charge in [0.25, 0.3) is 0 Å². The first-order chi connectivity index (χ1) is 8.08. The highest BCUT2D eigenvalue weighted by atomic mass is 35.5. The Bertz CT molecular complexity index is 526. The molecule has 0 unspecified atom stereocenters. The molecule has 90 valence electrons. The number of hydrogen-bond donors (Lipinski definition) is 3. The molecule has 2 rings (SSSR count). The Morgan fingerprint density at radius 2 is 1.94 bits per heavy atom. The fourth-order valence-electron chi connectivity index (χ4n) is 1.04. The number of rotatable bonds is 3. The second-order valence-electron chi connectivity index (χ2n) is 2.95. The van der Waals surface area contributed by atoms with Crippen LogP contribution in [0.15, 0.2) is 15.6 Å². The summed E-state index contributed by atoms with van der Waals surface area (Å²) in [5.41, 5.74) is 11.1. The molecule has 0 aliphatic rings. The van der Waals surface area contributed by atoms with E-state index >= 15 is 0 Å². The maximum atomic E-state index is 8.99. The molecule has 2 aromatic heterocycles. The van der Waals surface area contributed by atoms with Crippen LogP contribution in [0.1, 0.15) is 4.88 Å². The molecule has 0 bridgehead atoms. The minimum absolute atomic E-state index is 0.142. The van der Waals surface area contributed by atoms with Crippen molar-refractivity contribution in [2.45, 2.75) is 16.1 Å². The van der Waals surface area contributed by atoms with Crippen molar-refractivity contribution in [3.05, 3.63) is 16.1 Å². The molecule has 0 saturated carbocycles. The molecular formula is C8H8ClN5OS2. The summed E-state index contributed by atoms with van der Waals surface area (Å²) in [5.74, 6) is 0.593. The molecule has 17 heavy (non-hydrogen) atoms. The zero-order chi connectivity index (χ0) is 12.4. The Balaban J connectivity index is 2.24. The third-order valence-corrected chi connectivity index (χ3v) is 4.09. The number of aromatic nitrogens is 3. The van der Waals surface area contributed by atoms with Gasteiger partial charge >= 0.3 is 0 Å². The van der Waals surface area contributed by atoms with E-state index in [9.17, 15) is 0 Å². The van der Waals surface area contributed by atoms with E-state index in [0.29, 0.717) is 26.0 Å². The van der Waals surface area contributed by atoms with Crippen LogP contribution in [0, 0.1) is 0 Å². The topological polar surface area (TPSA) is 111 Å². The second kappa shape index (κ2) is 5.05. The molecule has 0 spiro atoms. The largest absolute Gasteiger partial charge is 0.391 e. The van der Waals surface area contributed by atoms with Crippen LogP contribution in [0.2, 0.25) is 5.15 Å². The van der Waals surface area contributed by atoms with Gasteiger partial charge in [-0.3, -0.25) is 0 Å². The van der Waals surface area contributed by atoms with Crippen molar-refractivity contribution in [3.63, 3.8) is 0 Å². The van der Waals surface area contributed by atoms with E-state index in [-0.39, 0.29) is 11.8 Å². The second-order valence-corrected chi connectivity index (χ2v) is 5.61. The number of hydrogen-bond acceptors (Lipinski definition) is 8. The SMILES string of the molecule is Nc1cc(N)nc(Sc2nc(Cl)c(CO)s2)n1. The summed E-state index contributed by atoms with van der Waals surface area (Å²) in [4.78, 5) is 12.7. The van der Waals surface area contributed by atoms with E-state index < -0.39 is 0 Å². The number of thiazole rings is 1. The van der Waals surface area contributed by atoms with Crippen LogP contribution in [-0.4, -0.2) is 20.1 Å². The zero-order valence-electron chi connectivity index (χ0n) is 8.42. The van der Waals surface area contributed by atoms with Gasteiger partial charge in [-0.05, 0) is 11.8 Å². The molecule has 0 aliphatic carbocycles. The lowest BCUT2D eigenvalue weighted by Crippen LogP contribution is -1.98. The first-order valence-electron chi connectivity index (χ1n) is 4.42. The Morgan fingerprint density at radius 3 is 2.47 bits per heavy atom.